The zero-order valence-corrected chi connectivity index (χ0v) is 9.70. The van der Waals surface area contributed by atoms with Crippen LogP contribution in [0.25, 0.3) is 0 Å². The fourth-order valence-electron chi connectivity index (χ4n) is 2.53. The Bertz CT molecular complexity index is 383. The number of rotatable bonds is 0. The highest BCUT2D eigenvalue weighted by Crippen LogP contribution is 2.37. The van der Waals surface area contributed by atoms with Crippen LogP contribution < -0.4 is 10.1 Å². The first kappa shape index (κ1) is 9.97. The van der Waals surface area contributed by atoms with Crippen molar-refractivity contribution in [1.29, 1.82) is 0 Å². The number of fused-ring (bicyclic) bond motifs is 1. The zero-order chi connectivity index (χ0) is 11.0. The Morgan fingerprint density at radius 3 is 2.81 bits per heavy atom. The Morgan fingerprint density at radius 2 is 2.00 bits per heavy atom. The van der Waals surface area contributed by atoms with Crippen LogP contribution in [0.5, 0.6) is 5.75 Å². The van der Waals surface area contributed by atoms with E-state index in [2.05, 4.69) is 29.4 Å². The van der Waals surface area contributed by atoms with E-state index in [4.69, 9.17) is 4.74 Å². The molecule has 86 valence electrons. The largest absolute Gasteiger partial charge is 0.483 e. The normalized spacial score (nSPS) is 23.3. The molecule has 0 aromatic heterocycles. The highest BCUT2D eigenvalue weighted by Gasteiger charge is 2.38. The lowest BCUT2D eigenvalue weighted by Crippen LogP contribution is -2.52. The quantitative estimate of drug-likeness (QED) is 0.720. The van der Waals surface area contributed by atoms with Crippen molar-refractivity contribution in [3.63, 3.8) is 0 Å². The number of nitrogens with one attached hydrogen (secondary N) is 1. The summed E-state index contributed by atoms with van der Waals surface area (Å²) in [6.07, 6.45) is 2.23. The van der Waals surface area contributed by atoms with Gasteiger partial charge in [0.1, 0.15) is 11.4 Å². The summed E-state index contributed by atoms with van der Waals surface area (Å²) in [5.41, 5.74) is 1.16. The summed E-state index contributed by atoms with van der Waals surface area (Å²) < 4.78 is 6.22. The lowest BCUT2D eigenvalue weighted by Gasteiger charge is -2.44. The van der Waals surface area contributed by atoms with Crippen LogP contribution in [0.1, 0.15) is 12.8 Å². The van der Waals surface area contributed by atoms with Gasteiger partial charge in [0, 0.05) is 25.9 Å². The standard InChI is InChI=1S/C13H18N2O/c1-15-8-6-13(7-9-15)10-14-11-4-2-3-5-12(11)16-13/h2-5,14H,6-10H2,1H3. The van der Waals surface area contributed by atoms with Gasteiger partial charge in [-0.25, -0.2) is 0 Å². The van der Waals surface area contributed by atoms with Gasteiger partial charge >= 0.3 is 0 Å². The molecule has 1 N–H and O–H groups in total. The summed E-state index contributed by atoms with van der Waals surface area (Å²) >= 11 is 0. The van der Waals surface area contributed by atoms with Crippen molar-refractivity contribution in [3.8, 4) is 5.75 Å². The third-order valence-corrected chi connectivity index (χ3v) is 3.71. The number of piperidine rings is 1. The van der Waals surface area contributed by atoms with E-state index in [1.54, 1.807) is 0 Å². The first-order chi connectivity index (χ1) is 7.77. The van der Waals surface area contributed by atoms with Crippen molar-refractivity contribution in [2.24, 2.45) is 0 Å². The number of likely N-dealkylation sites (tertiary alicyclic amines) is 1. The number of hydrogen-bond acceptors (Lipinski definition) is 3. The molecule has 3 heteroatoms. The maximum absolute atomic E-state index is 6.22. The molecule has 1 spiro atoms. The van der Waals surface area contributed by atoms with Gasteiger partial charge in [-0.3, -0.25) is 0 Å². The molecule has 0 amide bonds. The van der Waals surface area contributed by atoms with Crippen molar-refractivity contribution >= 4 is 5.69 Å². The predicted molar refractivity (Wildman–Crippen MR) is 65.0 cm³/mol. The van der Waals surface area contributed by atoms with Gasteiger partial charge in [-0.2, -0.15) is 0 Å². The third-order valence-electron chi connectivity index (χ3n) is 3.71. The van der Waals surface area contributed by atoms with Crippen LogP contribution in [0.2, 0.25) is 0 Å². The first-order valence-corrected chi connectivity index (χ1v) is 5.98. The minimum atomic E-state index is 0.0286. The van der Waals surface area contributed by atoms with Crippen LogP contribution in [0.3, 0.4) is 0 Å². The van der Waals surface area contributed by atoms with Crippen molar-refractivity contribution in [3.05, 3.63) is 24.3 Å². The Labute approximate surface area is 96.4 Å². The summed E-state index contributed by atoms with van der Waals surface area (Å²) in [7, 11) is 2.18. The molecule has 1 fully saturated rings. The van der Waals surface area contributed by atoms with Crippen molar-refractivity contribution in [2.45, 2.75) is 18.4 Å². The van der Waals surface area contributed by atoms with Crippen molar-refractivity contribution in [1.82, 2.24) is 4.90 Å². The second-order valence-corrected chi connectivity index (χ2v) is 4.94. The molecule has 0 unspecified atom stereocenters. The lowest BCUT2D eigenvalue weighted by atomic mass is 9.90. The molecule has 16 heavy (non-hydrogen) atoms. The summed E-state index contributed by atoms with van der Waals surface area (Å²) in [5, 5.41) is 3.49. The molecule has 1 aromatic carbocycles. The summed E-state index contributed by atoms with van der Waals surface area (Å²) in [6.45, 7) is 3.20. The molecule has 3 nitrogen and oxygen atoms in total. The van der Waals surface area contributed by atoms with E-state index in [9.17, 15) is 0 Å². The molecule has 0 bridgehead atoms. The van der Waals surface area contributed by atoms with E-state index in [0.29, 0.717) is 0 Å². The van der Waals surface area contributed by atoms with E-state index in [1.165, 1.54) is 0 Å². The minimum absolute atomic E-state index is 0.0286. The fourth-order valence-corrected chi connectivity index (χ4v) is 2.53. The molecule has 0 aliphatic carbocycles. The van der Waals surface area contributed by atoms with Gasteiger partial charge < -0.3 is 15.0 Å². The Hall–Kier alpha value is -1.22. The van der Waals surface area contributed by atoms with Gasteiger partial charge in [0.05, 0.1) is 12.2 Å². The Balaban J connectivity index is 1.82. The molecule has 0 saturated carbocycles. The van der Waals surface area contributed by atoms with Crippen LogP contribution in [0, 0.1) is 0 Å². The maximum atomic E-state index is 6.22. The fraction of sp³-hybridized carbons (Fsp3) is 0.538. The van der Waals surface area contributed by atoms with Crippen LogP contribution in [0.4, 0.5) is 5.69 Å². The smallest absolute Gasteiger partial charge is 0.143 e. The van der Waals surface area contributed by atoms with Crippen LogP contribution in [-0.4, -0.2) is 37.2 Å². The number of nitrogens with zero attached hydrogens (tertiary/aromatic N) is 1. The third kappa shape index (κ3) is 1.65. The topological polar surface area (TPSA) is 24.5 Å². The number of para-hydroxylation sites is 2. The number of ether oxygens (including phenoxy) is 1. The first-order valence-electron chi connectivity index (χ1n) is 5.98. The van der Waals surface area contributed by atoms with Crippen LogP contribution in [0.15, 0.2) is 24.3 Å². The van der Waals surface area contributed by atoms with Crippen molar-refractivity contribution in [2.75, 3.05) is 32.0 Å². The molecule has 1 aromatic rings. The number of anilines is 1. The molecule has 1 saturated heterocycles. The number of benzene rings is 1. The molecular formula is C13H18N2O. The average molecular weight is 218 g/mol. The molecule has 0 atom stereocenters. The van der Waals surface area contributed by atoms with Gasteiger partial charge in [-0.1, -0.05) is 12.1 Å². The minimum Gasteiger partial charge on any atom is -0.483 e. The highest BCUT2D eigenvalue weighted by atomic mass is 16.5. The van der Waals surface area contributed by atoms with E-state index in [1.807, 2.05) is 12.1 Å². The predicted octanol–water partition coefficient (Wildman–Crippen LogP) is 1.96. The van der Waals surface area contributed by atoms with E-state index >= 15 is 0 Å². The Kier molecular flexibility index (Phi) is 2.28. The van der Waals surface area contributed by atoms with E-state index < -0.39 is 0 Å². The highest BCUT2D eigenvalue weighted by molar-refractivity contribution is 5.58. The van der Waals surface area contributed by atoms with Gasteiger partial charge in [0.15, 0.2) is 0 Å². The van der Waals surface area contributed by atoms with Crippen LogP contribution >= 0.6 is 0 Å². The van der Waals surface area contributed by atoms with Crippen LogP contribution in [-0.2, 0) is 0 Å². The zero-order valence-electron chi connectivity index (χ0n) is 9.70. The maximum Gasteiger partial charge on any atom is 0.143 e. The van der Waals surface area contributed by atoms with E-state index in [0.717, 1.165) is 43.9 Å². The second-order valence-electron chi connectivity index (χ2n) is 4.94. The molecule has 2 aliphatic heterocycles. The van der Waals surface area contributed by atoms with E-state index in [-0.39, 0.29) is 5.60 Å². The number of hydrogen-bond donors (Lipinski definition) is 1. The molecule has 3 rings (SSSR count). The summed E-state index contributed by atoms with van der Waals surface area (Å²) in [6, 6.07) is 8.22. The molecule has 2 heterocycles. The average Bonchev–Trinajstić information content (AvgIpc) is 2.33. The van der Waals surface area contributed by atoms with Gasteiger partial charge in [0.2, 0.25) is 0 Å². The molecular weight excluding hydrogens is 200 g/mol. The monoisotopic (exact) mass is 218 g/mol. The van der Waals surface area contributed by atoms with Gasteiger partial charge in [-0.15, -0.1) is 0 Å². The van der Waals surface area contributed by atoms with Gasteiger partial charge in [-0.05, 0) is 19.2 Å². The lowest BCUT2D eigenvalue weighted by molar-refractivity contribution is 0.0141. The van der Waals surface area contributed by atoms with Gasteiger partial charge in [0.25, 0.3) is 0 Å². The SMILES string of the molecule is CN1CCC2(CC1)CNc1ccccc1O2. The van der Waals surface area contributed by atoms with Crippen molar-refractivity contribution < 1.29 is 4.74 Å². The summed E-state index contributed by atoms with van der Waals surface area (Å²) in [5.74, 6) is 1.01. The summed E-state index contributed by atoms with van der Waals surface area (Å²) in [4.78, 5) is 2.37. The Morgan fingerprint density at radius 1 is 1.25 bits per heavy atom. The molecule has 2 aliphatic rings. The second kappa shape index (κ2) is 3.67. The molecule has 0 radical (unpaired) electrons.